The second kappa shape index (κ2) is 50.7. The topological polar surface area (TPSA) is 189 Å². The van der Waals surface area contributed by atoms with Crippen LogP contribution in [0.25, 0.3) is 0 Å². The number of carbonyl (C=O) groups excluding carboxylic acids is 1. The molecule has 1 amide bonds. The highest BCUT2D eigenvalue weighted by Crippen LogP contribution is 2.24. The fraction of sp³-hybridized carbons (Fsp3) is 0.951. The highest BCUT2D eigenvalue weighted by atomic mass is 16.7. The molecule has 0 radical (unpaired) electrons. The number of hydrogen-bond acceptors (Lipinski definition) is 10. The highest BCUT2D eigenvalue weighted by Gasteiger charge is 2.44. The molecule has 0 aromatic carbocycles. The third-order valence-electron chi connectivity index (χ3n) is 15.3. The average molecular weight is 1030 g/mol. The number of nitrogens with one attached hydrogen (secondary N) is 1. The summed E-state index contributed by atoms with van der Waals surface area (Å²) in [6.07, 6.45) is 48.3. The molecular formula is C61H119NO10. The van der Waals surface area contributed by atoms with Crippen LogP contribution in [0.4, 0.5) is 0 Å². The summed E-state index contributed by atoms with van der Waals surface area (Å²) < 4.78 is 11.2. The van der Waals surface area contributed by atoms with Crippen molar-refractivity contribution in [3.8, 4) is 0 Å². The van der Waals surface area contributed by atoms with Gasteiger partial charge in [-0.2, -0.15) is 0 Å². The van der Waals surface area contributed by atoms with Crippen molar-refractivity contribution in [2.45, 2.75) is 358 Å². The first-order valence-electron chi connectivity index (χ1n) is 31.1. The van der Waals surface area contributed by atoms with Crippen LogP contribution in [0.1, 0.15) is 303 Å². The molecule has 72 heavy (non-hydrogen) atoms. The molecular weight excluding hydrogens is 907 g/mol. The Morgan fingerprint density at radius 3 is 1.17 bits per heavy atom. The summed E-state index contributed by atoms with van der Waals surface area (Å²) in [4.78, 5) is 13.2. The summed E-state index contributed by atoms with van der Waals surface area (Å²) in [5.41, 5.74) is 0. The van der Waals surface area contributed by atoms with E-state index in [4.69, 9.17) is 9.47 Å². The number of aliphatic hydroxyl groups is 7. The number of hydrogen-bond donors (Lipinski definition) is 8. The predicted molar refractivity (Wildman–Crippen MR) is 298 cm³/mol. The average Bonchev–Trinajstić information content (AvgIpc) is 3.38. The molecule has 1 heterocycles. The van der Waals surface area contributed by atoms with Gasteiger partial charge in [-0.3, -0.25) is 4.79 Å². The first-order chi connectivity index (χ1) is 35.2. The Balaban J connectivity index is 2.27. The molecule has 8 N–H and O–H groups in total. The molecule has 0 aromatic heterocycles. The molecule has 11 nitrogen and oxygen atoms in total. The van der Waals surface area contributed by atoms with Gasteiger partial charge in [-0.05, 0) is 38.5 Å². The lowest BCUT2D eigenvalue weighted by atomic mass is 9.98. The second-order valence-corrected chi connectivity index (χ2v) is 22.1. The van der Waals surface area contributed by atoms with E-state index in [0.717, 1.165) is 44.9 Å². The van der Waals surface area contributed by atoms with Crippen LogP contribution >= 0.6 is 0 Å². The van der Waals surface area contributed by atoms with Crippen molar-refractivity contribution in [2.24, 2.45) is 0 Å². The van der Waals surface area contributed by atoms with Crippen LogP contribution in [-0.2, 0) is 14.3 Å². The Morgan fingerprint density at radius 1 is 0.472 bits per heavy atom. The third-order valence-corrected chi connectivity index (χ3v) is 15.3. The number of ether oxygens (including phenoxy) is 2. The maximum atomic E-state index is 13.2. The molecule has 0 aliphatic carbocycles. The zero-order valence-electron chi connectivity index (χ0n) is 46.9. The van der Waals surface area contributed by atoms with Gasteiger partial charge < -0.3 is 50.5 Å². The maximum absolute atomic E-state index is 13.2. The molecule has 1 aliphatic rings. The fourth-order valence-electron chi connectivity index (χ4n) is 10.3. The van der Waals surface area contributed by atoms with E-state index in [0.29, 0.717) is 19.3 Å². The van der Waals surface area contributed by atoms with Crippen LogP contribution in [-0.4, -0.2) is 110 Å². The molecule has 0 spiro atoms. The van der Waals surface area contributed by atoms with Gasteiger partial charge in [-0.15, -0.1) is 0 Å². The van der Waals surface area contributed by atoms with Gasteiger partial charge in [0.15, 0.2) is 6.29 Å². The molecule has 1 fully saturated rings. The van der Waals surface area contributed by atoms with Crippen molar-refractivity contribution < 1.29 is 50.0 Å². The van der Waals surface area contributed by atoms with Crippen molar-refractivity contribution in [3.63, 3.8) is 0 Å². The van der Waals surface area contributed by atoms with E-state index >= 15 is 0 Å². The monoisotopic (exact) mass is 1030 g/mol. The van der Waals surface area contributed by atoms with Gasteiger partial charge in [0.1, 0.15) is 36.6 Å². The van der Waals surface area contributed by atoms with Crippen LogP contribution in [0.2, 0.25) is 0 Å². The lowest BCUT2D eigenvalue weighted by molar-refractivity contribution is -0.303. The minimum absolute atomic E-state index is 0.260. The van der Waals surface area contributed by atoms with E-state index in [1.165, 1.54) is 218 Å². The van der Waals surface area contributed by atoms with Gasteiger partial charge in [0.2, 0.25) is 5.91 Å². The van der Waals surface area contributed by atoms with E-state index < -0.39 is 74.2 Å². The smallest absolute Gasteiger partial charge is 0.249 e. The van der Waals surface area contributed by atoms with Crippen molar-refractivity contribution in [1.82, 2.24) is 5.32 Å². The summed E-state index contributed by atoms with van der Waals surface area (Å²) in [6.45, 7) is 3.50. The van der Waals surface area contributed by atoms with Gasteiger partial charge in [0, 0.05) is 0 Å². The van der Waals surface area contributed by atoms with E-state index in [9.17, 15) is 40.5 Å². The van der Waals surface area contributed by atoms with Crippen molar-refractivity contribution in [3.05, 3.63) is 12.2 Å². The molecule has 0 aromatic rings. The number of unbranched alkanes of at least 4 members (excludes halogenated alkanes) is 40. The highest BCUT2D eigenvalue weighted by molar-refractivity contribution is 5.80. The normalized spacial score (nSPS) is 20.0. The van der Waals surface area contributed by atoms with Gasteiger partial charge in [0.25, 0.3) is 0 Å². The van der Waals surface area contributed by atoms with E-state index in [1.54, 1.807) is 0 Å². The minimum atomic E-state index is -1.66. The van der Waals surface area contributed by atoms with Gasteiger partial charge >= 0.3 is 0 Å². The van der Waals surface area contributed by atoms with Crippen LogP contribution in [0.15, 0.2) is 12.2 Å². The lowest BCUT2D eigenvalue weighted by Gasteiger charge is -2.40. The Morgan fingerprint density at radius 2 is 0.806 bits per heavy atom. The second-order valence-electron chi connectivity index (χ2n) is 22.1. The van der Waals surface area contributed by atoms with Gasteiger partial charge in [0.05, 0.1) is 25.4 Å². The summed E-state index contributed by atoms with van der Waals surface area (Å²) in [5.74, 6) is -0.694. The first kappa shape index (κ1) is 68.9. The Kier molecular flexibility index (Phi) is 48.4. The third kappa shape index (κ3) is 38.4. The molecule has 9 unspecified atom stereocenters. The molecule has 1 aliphatic heterocycles. The first-order valence-corrected chi connectivity index (χ1v) is 31.1. The maximum Gasteiger partial charge on any atom is 0.249 e. The van der Waals surface area contributed by atoms with Crippen molar-refractivity contribution >= 4 is 5.91 Å². The van der Waals surface area contributed by atoms with Crippen LogP contribution < -0.4 is 5.32 Å². The SMILES string of the molecule is CCCCCCCCCCCCCC/C=C\CCCCCCCCCCC(O)C(=O)NC(COC1OC(CO)C(O)C(O)C1O)C(O)C(O)CCCCCCCCCCCCCCCCCCCCCCC. The van der Waals surface area contributed by atoms with E-state index in [1.807, 2.05) is 0 Å². The van der Waals surface area contributed by atoms with E-state index in [-0.39, 0.29) is 6.42 Å². The molecule has 1 rings (SSSR count). The van der Waals surface area contributed by atoms with Gasteiger partial charge in [-0.25, -0.2) is 0 Å². The number of amides is 1. The van der Waals surface area contributed by atoms with E-state index in [2.05, 4.69) is 31.3 Å². The molecule has 0 bridgehead atoms. The summed E-state index contributed by atoms with van der Waals surface area (Å²) in [6, 6.07) is -1.17. The Labute approximate surface area is 442 Å². The lowest BCUT2D eigenvalue weighted by Crippen LogP contribution is -2.60. The standard InChI is InChI=1S/C61H119NO10/c1-3-5-7-9-11-13-15-17-19-21-23-25-26-27-29-31-33-35-37-39-41-43-45-47-49-54(65)60(70)62-52(51-71-61-59(69)58(68)57(67)55(50-63)72-61)56(66)53(64)48-46-44-42-40-38-36-34-32-30-28-24-22-20-18-16-14-12-10-8-6-4-2/h27,29,52-59,61,63-69H,3-26,28,30-51H2,1-2H3,(H,62,70)/b29-27-. The van der Waals surface area contributed by atoms with Crippen molar-refractivity contribution in [1.29, 1.82) is 0 Å². The van der Waals surface area contributed by atoms with Crippen LogP contribution in [0.3, 0.4) is 0 Å². The molecule has 1 saturated heterocycles. The Bertz CT molecular complexity index is 1180. The fourth-order valence-corrected chi connectivity index (χ4v) is 10.3. The quantitative estimate of drug-likeness (QED) is 0.0215. The molecule has 11 heteroatoms. The van der Waals surface area contributed by atoms with Gasteiger partial charge in [-0.1, -0.05) is 276 Å². The molecule has 428 valence electrons. The minimum Gasteiger partial charge on any atom is -0.394 e. The largest absolute Gasteiger partial charge is 0.394 e. The predicted octanol–water partition coefficient (Wildman–Crippen LogP) is 13.5. The van der Waals surface area contributed by atoms with Crippen molar-refractivity contribution in [2.75, 3.05) is 13.2 Å². The summed E-state index contributed by atoms with van der Waals surface area (Å²) >= 11 is 0. The summed E-state index contributed by atoms with van der Waals surface area (Å²) in [5, 5.41) is 76.3. The number of aliphatic hydroxyl groups excluding tert-OH is 7. The number of rotatable bonds is 54. The van der Waals surface area contributed by atoms with Crippen LogP contribution in [0.5, 0.6) is 0 Å². The molecule has 0 saturated carbocycles. The zero-order chi connectivity index (χ0) is 52.5. The Hall–Kier alpha value is -1.15. The molecule has 9 atom stereocenters. The van der Waals surface area contributed by atoms with Crippen LogP contribution in [0, 0.1) is 0 Å². The summed E-state index contributed by atoms with van der Waals surface area (Å²) in [7, 11) is 0. The number of carbonyl (C=O) groups is 1. The zero-order valence-corrected chi connectivity index (χ0v) is 46.9. The number of allylic oxidation sites excluding steroid dienone is 2.